The molecular weight excluding hydrogens is 310 g/mol. The van der Waals surface area contributed by atoms with Crippen LogP contribution in [0.5, 0.6) is 0 Å². The number of rotatable bonds is 5. The molecule has 0 saturated carbocycles. The molecule has 0 radical (unpaired) electrons. The zero-order valence-electron chi connectivity index (χ0n) is 13.3. The lowest BCUT2D eigenvalue weighted by Crippen LogP contribution is -2.29. The Hall–Kier alpha value is -2.60. The number of methoxy groups -OCH3 is 1. The van der Waals surface area contributed by atoms with Gasteiger partial charge < -0.3 is 19.2 Å². The third-order valence-electron chi connectivity index (χ3n) is 4.31. The van der Waals surface area contributed by atoms with Crippen LogP contribution in [0.25, 0.3) is 0 Å². The van der Waals surface area contributed by atoms with E-state index in [2.05, 4.69) is 0 Å². The molecule has 2 heterocycles. The Balaban J connectivity index is 1.79. The highest BCUT2D eigenvalue weighted by Gasteiger charge is 2.41. The summed E-state index contributed by atoms with van der Waals surface area (Å²) >= 11 is 0. The SMILES string of the molecule is COCc1ccc(C(=O)N2C[C@H](C(=O)O)[C@H](c3ccccc3)C2)o1. The first-order valence-electron chi connectivity index (χ1n) is 7.75. The normalized spacial score (nSPS) is 20.3. The number of amides is 1. The van der Waals surface area contributed by atoms with E-state index in [1.165, 1.54) is 0 Å². The monoisotopic (exact) mass is 329 g/mol. The Bertz CT molecular complexity index is 724. The molecule has 0 spiro atoms. The zero-order valence-corrected chi connectivity index (χ0v) is 13.3. The van der Waals surface area contributed by atoms with Gasteiger partial charge in [-0.1, -0.05) is 30.3 Å². The van der Waals surface area contributed by atoms with E-state index in [9.17, 15) is 14.7 Å². The second-order valence-corrected chi connectivity index (χ2v) is 5.87. The standard InChI is InChI=1S/C18H19NO5/c1-23-11-13-7-8-16(24-13)17(20)19-9-14(15(10-19)18(21)22)12-5-3-2-4-6-12/h2-8,14-15H,9-11H2,1H3,(H,21,22)/t14-,15-/m0/s1. The summed E-state index contributed by atoms with van der Waals surface area (Å²) in [5, 5.41) is 9.51. The van der Waals surface area contributed by atoms with Gasteiger partial charge in [0.15, 0.2) is 5.76 Å². The average Bonchev–Trinajstić information content (AvgIpc) is 3.22. The number of aliphatic carboxylic acids is 1. The molecule has 2 aromatic rings. The summed E-state index contributed by atoms with van der Waals surface area (Å²) in [6.07, 6.45) is 0. The van der Waals surface area contributed by atoms with Crippen molar-refractivity contribution in [1.82, 2.24) is 4.90 Å². The van der Waals surface area contributed by atoms with Crippen molar-refractivity contribution in [3.8, 4) is 0 Å². The molecule has 2 atom stereocenters. The van der Waals surface area contributed by atoms with Crippen molar-refractivity contribution >= 4 is 11.9 Å². The highest BCUT2D eigenvalue weighted by molar-refractivity contribution is 5.92. The van der Waals surface area contributed by atoms with E-state index in [0.717, 1.165) is 5.56 Å². The van der Waals surface area contributed by atoms with E-state index < -0.39 is 11.9 Å². The third-order valence-corrected chi connectivity index (χ3v) is 4.31. The van der Waals surface area contributed by atoms with E-state index >= 15 is 0 Å². The predicted molar refractivity (Wildman–Crippen MR) is 85.6 cm³/mol. The van der Waals surface area contributed by atoms with E-state index in [1.54, 1.807) is 24.1 Å². The van der Waals surface area contributed by atoms with Crippen LogP contribution in [-0.4, -0.2) is 42.1 Å². The molecular formula is C18H19NO5. The van der Waals surface area contributed by atoms with Gasteiger partial charge in [0.05, 0.1) is 5.92 Å². The van der Waals surface area contributed by atoms with Crippen LogP contribution in [-0.2, 0) is 16.1 Å². The molecule has 6 nitrogen and oxygen atoms in total. The summed E-state index contributed by atoms with van der Waals surface area (Å²) in [5.41, 5.74) is 0.930. The van der Waals surface area contributed by atoms with Gasteiger partial charge in [-0.3, -0.25) is 9.59 Å². The van der Waals surface area contributed by atoms with Crippen LogP contribution in [0, 0.1) is 5.92 Å². The maximum absolute atomic E-state index is 12.6. The Labute approximate surface area is 139 Å². The number of likely N-dealkylation sites (tertiary alicyclic amines) is 1. The van der Waals surface area contributed by atoms with Gasteiger partial charge >= 0.3 is 5.97 Å². The quantitative estimate of drug-likeness (QED) is 0.911. The van der Waals surface area contributed by atoms with Crippen molar-refractivity contribution in [3.05, 3.63) is 59.5 Å². The molecule has 1 aliphatic rings. The van der Waals surface area contributed by atoms with Crippen LogP contribution in [0.15, 0.2) is 46.9 Å². The fourth-order valence-electron chi connectivity index (χ4n) is 3.13. The van der Waals surface area contributed by atoms with Gasteiger partial charge in [-0.15, -0.1) is 0 Å². The summed E-state index contributed by atoms with van der Waals surface area (Å²) in [7, 11) is 1.55. The maximum Gasteiger partial charge on any atom is 0.308 e. The second kappa shape index (κ2) is 6.88. The number of benzene rings is 1. The van der Waals surface area contributed by atoms with E-state index in [4.69, 9.17) is 9.15 Å². The lowest BCUT2D eigenvalue weighted by atomic mass is 9.89. The Morgan fingerprint density at radius 2 is 1.96 bits per heavy atom. The fraction of sp³-hybridized carbons (Fsp3) is 0.333. The first-order chi connectivity index (χ1) is 11.6. The van der Waals surface area contributed by atoms with Crippen LogP contribution < -0.4 is 0 Å². The van der Waals surface area contributed by atoms with Crippen molar-refractivity contribution < 1.29 is 23.8 Å². The Morgan fingerprint density at radius 3 is 2.62 bits per heavy atom. The minimum Gasteiger partial charge on any atom is -0.481 e. The van der Waals surface area contributed by atoms with Crippen LogP contribution in [0.3, 0.4) is 0 Å². The van der Waals surface area contributed by atoms with Gasteiger partial charge in [0.2, 0.25) is 0 Å². The van der Waals surface area contributed by atoms with Crippen molar-refractivity contribution in [2.45, 2.75) is 12.5 Å². The summed E-state index contributed by atoms with van der Waals surface area (Å²) in [5.74, 6) is -1.25. The molecule has 1 aliphatic heterocycles. The molecule has 1 N–H and O–H groups in total. The van der Waals surface area contributed by atoms with Crippen molar-refractivity contribution in [3.63, 3.8) is 0 Å². The predicted octanol–water partition coefficient (Wildman–Crippen LogP) is 2.37. The molecule has 0 bridgehead atoms. The molecule has 1 aromatic heterocycles. The van der Waals surface area contributed by atoms with Gasteiger partial charge in [0, 0.05) is 26.1 Å². The topological polar surface area (TPSA) is 80.0 Å². The summed E-state index contributed by atoms with van der Waals surface area (Å²) in [4.78, 5) is 25.8. The van der Waals surface area contributed by atoms with Gasteiger partial charge in [0.1, 0.15) is 12.4 Å². The molecule has 1 saturated heterocycles. The number of hydrogen-bond donors (Lipinski definition) is 1. The summed E-state index contributed by atoms with van der Waals surface area (Å²) in [6, 6.07) is 12.7. The number of hydrogen-bond acceptors (Lipinski definition) is 4. The first kappa shape index (κ1) is 16.3. The Kier molecular flexibility index (Phi) is 4.66. The van der Waals surface area contributed by atoms with Crippen LogP contribution >= 0.6 is 0 Å². The molecule has 1 amide bonds. The van der Waals surface area contributed by atoms with Crippen LogP contribution in [0.1, 0.15) is 27.8 Å². The second-order valence-electron chi connectivity index (χ2n) is 5.87. The number of carbonyl (C=O) groups excluding carboxylic acids is 1. The van der Waals surface area contributed by atoms with Gasteiger partial charge in [-0.2, -0.15) is 0 Å². The minimum absolute atomic E-state index is 0.175. The Morgan fingerprint density at radius 1 is 1.21 bits per heavy atom. The van der Waals surface area contributed by atoms with Gasteiger partial charge in [-0.05, 0) is 17.7 Å². The highest BCUT2D eigenvalue weighted by atomic mass is 16.5. The number of nitrogens with zero attached hydrogens (tertiary/aromatic N) is 1. The maximum atomic E-state index is 12.6. The van der Waals surface area contributed by atoms with E-state index in [-0.39, 0.29) is 30.7 Å². The summed E-state index contributed by atoms with van der Waals surface area (Å²) < 4.78 is 10.4. The van der Waals surface area contributed by atoms with Gasteiger partial charge in [0.25, 0.3) is 5.91 Å². The molecule has 1 fully saturated rings. The molecule has 0 unspecified atom stereocenters. The van der Waals surface area contributed by atoms with Crippen LogP contribution in [0.4, 0.5) is 0 Å². The number of carboxylic acids is 1. The van der Waals surface area contributed by atoms with Crippen molar-refractivity contribution in [2.75, 3.05) is 20.2 Å². The lowest BCUT2D eigenvalue weighted by molar-refractivity contribution is -0.141. The van der Waals surface area contributed by atoms with E-state index in [1.807, 2.05) is 30.3 Å². The van der Waals surface area contributed by atoms with Crippen molar-refractivity contribution in [1.29, 1.82) is 0 Å². The van der Waals surface area contributed by atoms with Gasteiger partial charge in [-0.25, -0.2) is 0 Å². The van der Waals surface area contributed by atoms with E-state index in [0.29, 0.717) is 12.3 Å². The molecule has 3 rings (SSSR count). The highest BCUT2D eigenvalue weighted by Crippen LogP contribution is 2.33. The molecule has 1 aromatic carbocycles. The van der Waals surface area contributed by atoms with Crippen LogP contribution in [0.2, 0.25) is 0 Å². The minimum atomic E-state index is -0.890. The third kappa shape index (κ3) is 3.19. The largest absolute Gasteiger partial charge is 0.481 e. The number of carbonyl (C=O) groups is 2. The fourth-order valence-corrected chi connectivity index (χ4v) is 3.13. The van der Waals surface area contributed by atoms with Crippen molar-refractivity contribution in [2.24, 2.45) is 5.92 Å². The molecule has 0 aliphatic carbocycles. The molecule has 6 heteroatoms. The summed E-state index contributed by atoms with van der Waals surface area (Å²) in [6.45, 7) is 0.825. The molecule has 126 valence electrons. The number of furan rings is 1. The smallest absolute Gasteiger partial charge is 0.308 e. The average molecular weight is 329 g/mol. The number of ether oxygens (including phenoxy) is 1. The zero-order chi connectivity index (χ0) is 17.1. The molecule has 24 heavy (non-hydrogen) atoms. The first-order valence-corrected chi connectivity index (χ1v) is 7.75. The number of carboxylic acid groups (broad SMARTS) is 1. The lowest BCUT2D eigenvalue weighted by Gasteiger charge is -2.15.